The number of anilines is 2. The Kier molecular flexibility index (Phi) is 4.14. The van der Waals surface area contributed by atoms with E-state index in [2.05, 4.69) is 10.1 Å². The Labute approximate surface area is 114 Å². The van der Waals surface area contributed by atoms with E-state index >= 15 is 0 Å². The van der Waals surface area contributed by atoms with E-state index in [4.69, 9.17) is 5.73 Å². The molecule has 104 valence electrons. The standard InChI is InChI=1S/C14H12F2N2O2/c15-14(16)20-12-7-5-11(6-8-12)18-13(19)9-1-3-10(17)4-2-9/h1-8,14H,17H2,(H,18,19). The van der Waals surface area contributed by atoms with Crippen molar-refractivity contribution in [2.24, 2.45) is 0 Å². The lowest BCUT2D eigenvalue weighted by atomic mass is 10.2. The lowest BCUT2D eigenvalue weighted by Gasteiger charge is -2.07. The molecule has 2 aromatic rings. The van der Waals surface area contributed by atoms with Crippen molar-refractivity contribution < 1.29 is 18.3 Å². The molecule has 0 spiro atoms. The molecule has 2 rings (SSSR count). The van der Waals surface area contributed by atoms with Crippen LogP contribution in [0, 0.1) is 0 Å². The van der Waals surface area contributed by atoms with Gasteiger partial charge in [0.05, 0.1) is 0 Å². The lowest BCUT2D eigenvalue weighted by molar-refractivity contribution is -0.0498. The van der Waals surface area contributed by atoms with Gasteiger partial charge in [0, 0.05) is 16.9 Å². The molecule has 20 heavy (non-hydrogen) atoms. The maximum absolute atomic E-state index is 12.0. The summed E-state index contributed by atoms with van der Waals surface area (Å²) in [5, 5.41) is 2.64. The molecule has 0 unspecified atom stereocenters. The van der Waals surface area contributed by atoms with Crippen LogP contribution in [0.3, 0.4) is 0 Å². The van der Waals surface area contributed by atoms with Crippen LogP contribution in [0.15, 0.2) is 48.5 Å². The van der Waals surface area contributed by atoms with E-state index in [-0.39, 0.29) is 11.7 Å². The number of hydrogen-bond acceptors (Lipinski definition) is 3. The van der Waals surface area contributed by atoms with Gasteiger partial charge in [0.15, 0.2) is 0 Å². The van der Waals surface area contributed by atoms with Crippen molar-refractivity contribution in [3.63, 3.8) is 0 Å². The third-order valence-electron chi connectivity index (χ3n) is 2.51. The molecule has 0 atom stereocenters. The summed E-state index contributed by atoms with van der Waals surface area (Å²) in [6.45, 7) is -2.87. The average molecular weight is 278 g/mol. The van der Waals surface area contributed by atoms with E-state index in [1.807, 2.05) is 0 Å². The minimum absolute atomic E-state index is 0.0329. The third kappa shape index (κ3) is 3.68. The van der Waals surface area contributed by atoms with Crippen LogP contribution >= 0.6 is 0 Å². The molecule has 0 aliphatic heterocycles. The van der Waals surface area contributed by atoms with E-state index in [1.54, 1.807) is 24.3 Å². The fraction of sp³-hybridized carbons (Fsp3) is 0.0714. The molecule has 0 fully saturated rings. The van der Waals surface area contributed by atoms with Crippen LogP contribution in [-0.4, -0.2) is 12.5 Å². The number of amides is 1. The fourth-order valence-corrected chi connectivity index (χ4v) is 1.56. The van der Waals surface area contributed by atoms with Gasteiger partial charge < -0.3 is 15.8 Å². The number of hydrogen-bond donors (Lipinski definition) is 2. The first kappa shape index (κ1) is 13.8. The van der Waals surface area contributed by atoms with Crippen LogP contribution in [0.1, 0.15) is 10.4 Å². The molecule has 3 N–H and O–H groups in total. The van der Waals surface area contributed by atoms with Crippen LogP contribution in [0.4, 0.5) is 20.2 Å². The van der Waals surface area contributed by atoms with Crippen molar-refractivity contribution in [3.8, 4) is 5.75 Å². The van der Waals surface area contributed by atoms with Gasteiger partial charge in [-0.2, -0.15) is 8.78 Å². The number of carbonyl (C=O) groups excluding carboxylic acids is 1. The van der Waals surface area contributed by atoms with Gasteiger partial charge in [-0.25, -0.2) is 0 Å². The number of benzene rings is 2. The molecule has 0 radical (unpaired) electrons. The maximum atomic E-state index is 12.0. The summed E-state index contributed by atoms with van der Waals surface area (Å²) in [6.07, 6.45) is 0. The monoisotopic (exact) mass is 278 g/mol. The number of ether oxygens (including phenoxy) is 1. The highest BCUT2D eigenvalue weighted by atomic mass is 19.3. The Morgan fingerprint density at radius 1 is 1.05 bits per heavy atom. The fourth-order valence-electron chi connectivity index (χ4n) is 1.56. The molecule has 0 aliphatic carbocycles. The summed E-state index contributed by atoms with van der Waals surface area (Å²) in [7, 11) is 0. The van der Waals surface area contributed by atoms with Gasteiger partial charge in [-0.3, -0.25) is 4.79 Å². The van der Waals surface area contributed by atoms with E-state index in [0.29, 0.717) is 16.9 Å². The Bertz CT molecular complexity index is 583. The second kappa shape index (κ2) is 6.01. The zero-order valence-electron chi connectivity index (χ0n) is 10.3. The van der Waals surface area contributed by atoms with Gasteiger partial charge in [0.2, 0.25) is 0 Å². The van der Waals surface area contributed by atoms with E-state index < -0.39 is 6.61 Å². The molecular formula is C14H12F2N2O2. The lowest BCUT2D eigenvalue weighted by Crippen LogP contribution is -2.11. The maximum Gasteiger partial charge on any atom is 0.387 e. The summed E-state index contributed by atoms with van der Waals surface area (Å²) in [5.74, 6) is -0.280. The minimum atomic E-state index is -2.87. The number of alkyl halides is 2. The van der Waals surface area contributed by atoms with Gasteiger partial charge >= 0.3 is 6.61 Å². The zero-order chi connectivity index (χ0) is 14.5. The normalized spacial score (nSPS) is 10.3. The molecule has 2 aromatic carbocycles. The molecule has 1 amide bonds. The van der Waals surface area contributed by atoms with Crippen molar-refractivity contribution in [1.82, 2.24) is 0 Å². The highest BCUT2D eigenvalue weighted by molar-refractivity contribution is 6.04. The van der Waals surface area contributed by atoms with Crippen molar-refractivity contribution in [3.05, 3.63) is 54.1 Å². The summed E-state index contributed by atoms with van der Waals surface area (Å²) in [6, 6.07) is 12.1. The summed E-state index contributed by atoms with van der Waals surface area (Å²) < 4.78 is 28.2. The van der Waals surface area contributed by atoms with Gasteiger partial charge in [-0.1, -0.05) is 0 Å². The molecule has 6 heteroatoms. The number of nitrogens with one attached hydrogen (secondary N) is 1. The molecule has 0 aromatic heterocycles. The Hall–Kier alpha value is -2.63. The van der Waals surface area contributed by atoms with Gasteiger partial charge in [-0.15, -0.1) is 0 Å². The molecular weight excluding hydrogens is 266 g/mol. The highest BCUT2D eigenvalue weighted by Gasteiger charge is 2.07. The van der Waals surface area contributed by atoms with Crippen LogP contribution in [-0.2, 0) is 0 Å². The highest BCUT2D eigenvalue weighted by Crippen LogP contribution is 2.18. The topological polar surface area (TPSA) is 64.4 Å². The van der Waals surface area contributed by atoms with Crippen LogP contribution < -0.4 is 15.8 Å². The Balaban J connectivity index is 2.02. The van der Waals surface area contributed by atoms with Crippen LogP contribution in [0.25, 0.3) is 0 Å². The first-order chi connectivity index (χ1) is 9.54. The third-order valence-corrected chi connectivity index (χ3v) is 2.51. The molecule has 0 heterocycles. The average Bonchev–Trinajstić information content (AvgIpc) is 2.41. The number of nitrogens with two attached hydrogens (primary N) is 1. The molecule has 0 saturated heterocycles. The number of rotatable bonds is 4. The second-order valence-corrected chi connectivity index (χ2v) is 3.98. The number of nitrogen functional groups attached to an aromatic ring is 1. The van der Waals surface area contributed by atoms with E-state index in [0.717, 1.165) is 0 Å². The molecule has 0 aliphatic rings. The quantitative estimate of drug-likeness (QED) is 0.844. The van der Waals surface area contributed by atoms with Crippen molar-refractivity contribution in [2.75, 3.05) is 11.1 Å². The second-order valence-electron chi connectivity index (χ2n) is 3.98. The van der Waals surface area contributed by atoms with Crippen molar-refractivity contribution in [1.29, 1.82) is 0 Å². The van der Waals surface area contributed by atoms with Crippen LogP contribution in [0.2, 0.25) is 0 Å². The van der Waals surface area contributed by atoms with Gasteiger partial charge in [-0.05, 0) is 48.5 Å². The number of halogens is 2. The van der Waals surface area contributed by atoms with Gasteiger partial charge in [0.1, 0.15) is 5.75 Å². The largest absolute Gasteiger partial charge is 0.435 e. The Morgan fingerprint density at radius 3 is 2.20 bits per heavy atom. The van der Waals surface area contributed by atoms with E-state index in [1.165, 1.54) is 24.3 Å². The summed E-state index contributed by atoms with van der Waals surface area (Å²) >= 11 is 0. The summed E-state index contributed by atoms with van der Waals surface area (Å²) in [4.78, 5) is 11.9. The first-order valence-corrected chi connectivity index (χ1v) is 5.76. The summed E-state index contributed by atoms with van der Waals surface area (Å²) in [5.41, 5.74) is 7.02. The zero-order valence-corrected chi connectivity index (χ0v) is 10.3. The van der Waals surface area contributed by atoms with E-state index in [9.17, 15) is 13.6 Å². The molecule has 4 nitrogen and oxygen atoms in total. The Morgan fingerprint density at radius 2 is 1.65 bits per heavy atom. The molecule has 0 bridgehead atoms. The smallest absolute Gasteiger partial charge is 0.387 e. The van der Waals surface area contributed by atoms with Gasteiger partial charge in [0.25, 0.3) is 5.91 Å². The molecule has 0 saturated carbocycles. The predicted octanol–water partition coefficient (Wildman–Crippen LogP) is 3.12. The van der Waals surface area contributed by atoms with Crippen molar-refractivity contribution in [2.45, 2.75) is 6.61 Å². The van der Waals surface area contributed by atoms with Crippen LogP contribution in [0.5, 0.6) is 5.75 Å². The minimum Gasteiger partial charge on any atom is -0.435 e. The van der Waals surface area contributed by atoms with Crippen molar-refractivity contribution >= 4 is 17.3 Å². The SMILES string of the molecule is Nc1ccc(C(=O)Nc2ccc(OC(F)F)cc2)cc1. The first-order valence-electron chi connectivity index (χ1n) is 5.76. The number of carbonyl (C=O) groups is 1. The predicted molar refractivity (Wildman–Crippen MR) is 71.9 cm³/mol.